The minimum atomic E-state index is -0.0627. The van der Waals surface area contributed by atoms with E-state index in [1.54, 1.807) is 26.0 Å². The number of carbonyl (C=O) groups is 1. The summed E-state index contributed by atoms with van der Waals surface area (Å²) < 4.78 is 6.26. The lowest BCUT2D eigenvalue weighted by Crippen LogP contribution is -2.50. The van der Waals surface area contributed by atoms with E-state index >= 15 is 0 Å². The van der Waals surface area contributed by atoms with Crippen molar-refractivity contribution in [2.24, 2.45) is 4.99 Å². The molecule has 0 radical (unpaired) electrons. The minimum Gasteiger partial charge on any atom is -0.373 e. The highest BCUT2D eigenvalue weighted by Crippen LogP contribution is 2.31. The maximum atomic E-state index is 12.1. The second kappa shape index (κ2) is 13.9. The number of guanidine groups is 1. The molecule has 0 aromatic heterocycles. The van der Waals surface area contributed by atoms with Crippen LogP contribution in [-0.2, 0) is 11.2 Å². The van der Waals surface area contributed by atoms with Gasteiger partial charge < -0.3 is 20.3 Å². The van der Waals surface area contributed by atoms with Crippen molar-refractivity contribution in [3.05, 3.63) is 35.4 Å². The van der Waals surface area contributed by atoms with E-state index in [-0.39, 0.29) is 35.5 Å². The third-order valence-corrected chi connectivity index (χ3v) is 5.47. The molecule has 1 saturated carbocycles. The first-order valence-electron chi connectivity index (χ1n) is 10.9. The van der Waals surface area contributed by atoms with Gasteiger partial charge >= 0.3 is 0 Å². The lowest BCUT2D eigenvalue weighted by atomic mass is 9.84. The number of aliphatic imine (C=N–C) groups is 1. The van der Waals surface area contributed by atoms with Gasteiger partial charge in [-0.25, -0.2) is 0 Å². The molecule has 0 saturated heterocycles. The summed E-state index contributed by atoms with van der Waals surface area (Å²) in [7, 11) is 5.34. The Balaban J connectivity index is 0.00000450. The van der Waals surface area contributed by atoms with Crippen LogP contribution in [0.15, 0.2) is 29.3 Å². The van der Waals surface area contributed by atoms with Crippen LogP contribution in [0.25, 0.3) is 0 Å². The number of rotatable bonds is 9. The van der Waals surface area contributed by atoms with Crippen LogP contribution in [0.2, 0.25) is 0 Å². The fourth-order valence-electron chi connectivity index (χ4n) is 3.80. The summed E-state index contributed by atoms with van der Waals surface area (Å²) >= 11 is 0. The Morgan fingerprint density at radius 3 is 2.57 bits per heavy atom. The van der Waals surface area contributed by atoms with Crippen molar-refractivity contribution < 1.29 is 9.53 Å². The minimum absolute atomic E-state index is 0. The molecule has 0 heterocycles. The van der Waals surface area contributed by atoms with E-state index < -0.39 is 0 Å². The van der Waals surface area contributed by atoms with Crippen LogP contribution in [-0.4, -0.2) is 63.2 Å². The van der Waals surface area contributed by atoms with Gasteiger partial charge in [0.2, 0.25) is 0 Å². The summed E-state index contributed by atoms with van der Waals surface area (Å²) in [5, 5.41) is 6.86. The number of amides is 1. The molecule has 2 N–H and O–H groups in total. The average Bonchev–Trinajstić information content (AvgIpc) is 2.75. The molecular formula is C23H39IN4O2. The smallest absolute Gasteiger partial charge is 0.253 e. The van der Waals surface area contributed by atoms with E-state index in [0.29, 0.717) is 0 Å². The normalized spacial score (nSPS) is 15.8. The highest BCUT2D eigenvalue weighted by molar-refractivity contribution is 14.0. The number of hydrogen-bond donors (Lipinski definition) is 2. The zero-order chi connectivity index (χ0) is 21.1. The van der Waals surface area contributed by atoms with Crippen LogP contribution < -0.4 is 10.6 Å². The third-order valence-electron chi connectivity index (χ3n) is 5.47. The zero-order valence-electron chi connectivity index (χ0n) is 19.0. The second-order valence-electron chi connectivity index (χ2n) is 8.09. The molecule has 1 aliphatic rings. The Kier molecular flexibility index (Phi) is 12.3. The SMILES string of the molecule is CCCOC1(CNC(=NC)NCCc2cccc(C(=O)N(C)C)c2)CCCCC1.I. The molecule has 6 nitrogen and oxygen atoms in total. The van der Waals surface area contributed by atoms with Gasteiger partial charge in [0.05, 0.1) is 5.60 Å². The standard InChI is InChI=1S/C23H38N4O2.HI/c1-5-16-29-23(13-7-6-8-14-23)18-26-22(24-2)25-15-12-19-10-9-11-20(17-19)21(28)27(3)4;/h9-11,17H,5-8,12-16,18H2,1-4H3,(H2,24,25,26);1H. The molecule has 0 unspecified atom stereocenters. The van der Waals surface area contributed by atoms with Crippen LogP contribution in [0.3, 0.4) is 0 Å². The number of benzene rings is 1. The molecule has 7 heteroatoms. The molecule has 0 atom stereocenters. The maximum Gasteiger partial charge on any atom is 0.253 e. The number of carbonyl (C=O) groups excluding carboxylic acids is 1. The first-order valence-corrected chi connectivity index (χ1v) is 10.9. The van der Waals surface area contributed by atoms with E-state index in [9.17, 15) is 4.79 Å². The van der Waals surface area contributed by atoms with E-state index in [1.807, 2.05) is 18.2 Å². The molecule has 1 aromatic rings. The Labute approximate surface area is 199 Å². The summed E-state index contributed by atoms with van der Waals surface area (Å²) in [6.07, 6.45) is 7.88. The van der Waals surface area contributed by atoms with Gasteiger partial charge in [-0.05, 0) is 43.4 Å². The summed E-state index contributed by atoms with van der Waals surface area (Å²) in [5.41, 5.74) is 1.80. The zero-order valence-corrected chi connectivity index (χ0v) is 21.3. The molecule has 1 amide bonds. The van der Waals surface area contributed by atoms with Gasteiger partial charge in [0.1, 0.15) is 0 Å². The van der Waals surface area contributed by atoms with Crippen LogP contribution in [0, 0.1) is 0 Å². The highest BCUT2D eigenvalue weighted by Gasteiger charge is 2.32. The Hall–Kier alpha value is -1.35. The molecular weight excluding hydrogens is 491 g/mol. The molecule has 170 valence electrons. The summed E-state index contributed by atoms with van der Waals surface area (Å²) in [5.74, 6) is 0.831. The Morgan fingerprint density at radius 1 is 1.20 bits per heavy atom. The first-order chi connectivity index (χ1) is 14.0. The molecule has 30 heavy (non-hydrogen) atoms. The Bertz CT molecular complexity index is 673. The van der Waals surface area contributed by atoms with Gasteiger partial charge in [-0.15, -0.1) is 24.0 Å². The fourth-order valence-corrected chi connectivity index (χ4v) is 3.80. The molecule has 1 fully saturated rings. The van der Waals surface area contributed by atoms with Crippen LogP contribution in [0.1, 0.15) is 61.4 Å². The Morgan fingerprint density at radius 2 is 1.93 bits per heavy atom. The van der Waals surface area contributed by atoms with E-state index in [2.05, 4.69) is 28.6 Å². The van der Waals surface area contributed by atoms with Gasteiger partial charge in [0.25, 0.3) is 5.91 Å². The van der Waals surface area contributed by atoms with Crippen molar-refractivity contribution in [3.63, 3.8) is 0 Å². The number of nitrogens with zero attached hydrogens (tertiary/aromatic N) is 2. The van der Waals surface area contributed by atoms with Gasteiger partial charge in [-0.2, -0.15) is 0 Å². The van der Waals surface area contributed by atoms with E-state index in [0.717, 1.165) is 62.5 Å². The van der Waals surface area contributed by atoms with E-state index in [4.69, 9.17) is 4.74 Å². The van der Waals surface area contributed by atoms with E-state index in [1.165, 1.54) is 19.3 Å². The van der Waals surface area contributed by atoms with Gasteiger partial charge in [0.15, 0.2) is 5.96 Å². The molecule has 0 aliphatic heterocycles. The number of hydrogen-bond acceptors (Lipinski definition) is 3. The van der Waals surface area contributed by atoms with Crippen molar-refractivity contribution >= 4 is 35.8 Å². The number of ether oxygens (including phenoxy) is 1. The van der Waals surface area contributed by atoms with Crippen molar-refractivity contribution in [1.82, 2.24) is 15.5 Å². The third kappa shape index (κ3) is 8.41. The van der Waals surface area contributed by atoms with Gasteiger partial charge in [-0.3, -0.25) is 9.79 Å². The van der Waals surface area contributed by atoms with Crippen molar-refractivity contribution in [2.75, 3.05) is 40.8 Å². The lowest BCUT2D eigenvalue weighted by molar-refractivity contribution is -0.0657. The van der Waals surface area contributed by atoms with Crippen molar-refractivity contribution in [1.29, 1.82) is 0 Å². The maximum absolute atomic E-state index is 12.1. The quantitative estimate of drug-likeness (QED) is 0.289. The van der Waals surface area contributed by atoms with Crippen LogP contribution in [0.4, 0.5) is 0 Å². The molecule has 1 aromatic carbocycles. The van der Waals surface area contributed by atoms with Crippen molar-refractivity contribution in [3.8, 4) is 0 Å². The summed E-state index contributed by atoms with van der Waals surface area (Å²) in [6, 6.07) is 7.83. The summed E-state index contributed by atoms with van der Waals surface area (Å²) in [6.45, 7) is 4.52. The van der Waals surface area contributed by atoms with Crippen molar-refractivity contribution in [2.45, 2.75) is 57.5 Å². The molecule has 0 bridgehead atoms. The second-order valence-corrected chi connectivity index (χ2v) is 8.09. The number of nitrogens with one attached hydrogen (secondary N) is 2. The average molecular weight is 530 g/mol. The molecule has 2 rings (SSSR count). The highest BCUT2D eigenvalue weighted by atomic mass is 127. The predicted molar refractivity (Wildman–Crippen MR) is 135 cm³/mol. The number of halogens is 1. The van der Waals surface area contributed by atoms with Crippen LogP contribution in [0.5, 0.6) is 0 Å². The molecule has 1 aliphatic carbocycles. The van der Waals surface area contributed by atoms with Gasteiger partial charge in [0, 0.05) is 46.4 Å². The largest absolute Gasteiger partial charge is 0.373 e. The predicted octanol–water partition coefficient (Wildman–Crippen LogP) is 3.84. The van der Waals surface area contributed by atoms with Crippen LogP contribution >= 0.6 is 24.0 Å². The topological polar surface area (TPSA) is 66.0 Å². The summed E-state index contributed by atoms with van der Waals surface area (Å²) in [4.78, 5) is 18.1. The van der Waals surface area contributed by atoms with Gasteiger partial charge in [-0.1, -0.05) is 38.3 Å². The fraction of sp³-hybridized carbons (Fsp3) is 0.652. The first kappa shape index (κ1) is 26.7. The molecule has 0 spiro atoms. The lowest BCUT2D eigenvalue weighted by Gasteiger charge is -2.37. The monoisotopic (exact) mass is 530 g/mol.